The Morgan fingerprint density at radius 1 is 1.43 bits per heavy atom. The minimum atomic E-state index is -3.04. The molecule has 1 aromatic heterocycles. The molecular formula is C14H23N3O3S. The SMILES string of the molecule is CC(C)c1cc(C(=O)NC2CCCC(S(C)(=O)=O)C2)n[nH]1. The molecule has 1 aliphatic carbocycles. The van der Waals surface area contributed by atoms with Crippen LogP contribution in [0.3, 0.4) is 0 Å². The van der Waals surface area contributed by atoms with Crippen LogP contribution in [0.2, 0.25) is 0 Å². The van der Waals surface area contributed by atoms with Gasteiger partial charge in [0.2, 0.25) is 0 Å². The van der Waals surface area contributed by atoms with Gasteiger partial charge in [-0.3, -0.25) is 9.89 Å². The smallest absolute Gasteiger partial charge is 0.271 e. The van der Waals surface area contributed by atoms with Crippen molar-refractivity contribution in [2.75, 3.05) is 6.26 Å². The summed E-state index contributed by atoms with van der Waals surface area (Å²) >= 11 is 0. The van der Waals surface area contributed by atoms with Gasteiger partial charge >= 0.3 is 0 Å². The zero-order chi connectivity index (χ0) is 15.6. The average Bonchev–Trinajstić information content (AvgIpc) is 2.88. The van der Waals surface area contributed by atoms with Crippen molar-refractivity contribution in [3.63, 3.8) is 0 Å². The Labute approximate surface area is 125 Å². The Bertz CT molecular complexity index is 607. The normalized spacial score (nSPS) is 23.2. The third-order valence-electron chi connectivity index (χ3n) is 4.02. The minimum absolute atomic E-state index is 0.0924. The second kappa shape index (κ2) is 6.17. The summed E-state index contributed by atoms with van der Waals surface area (Å²) in [6.45, 7) is 4.04. The maximum Gasteiger partial charge on any atom is 0.271 e. The zero-order valence-electron chi connectivity index (χ0n) is 12.7. The fourth-order valence-electron chi connectivity index (χ4n) is 2.67. The van der Waals surface area contributed by atoms with Crippen LogP contribution in [0.4, 0.5) is 0 Å². The van der Waals surface area contributed by atoms with Gasteiger partial charge in [0.25, 0.3) is 5.91 Å². The second-order valence-corrected chi connectivity index (χ2v) is 8.48. The van der Waals surface area contributed by atoms with Crippen molar-refractivity contribution in [2.45, 2.75) is 56.7 Å². The number of nitrogens with one attached hydrogen (secondary N) is 2. The molecule has 7 heteroatoms. The summed E-state index contributed by atoms with van der Waals surface area (Å²) in [6.07, 6.45) is 4.08. The third-order valence-corrected chi connectivity index (χ3v) is 5.66. The Balaban J connectivity index is 1.98. The highest BCUT2D eigenvalue weighted by Crippen LogP contribution is 2.24. The number of sulfone groups is 1. The second-order valence-electron chi connectivity index (χ2n) is 6.15. The molecule has 1 heterocycles. The van der Waals surface area contributed by atoms with Crippen LogP contribution in [0.25, 0.3) is 0 Å². The van der Waals surface area contributed by atoms with Gasteiger partial charge in [-0.1, -0.05) is 20.3 Å². The van der Waals surface area contributed by atoms with Gasteiger partial charge in [0, 0.05) is 18.0 Å². The van der Waals surface area contributed by atoms with Gasteiger partial charge in [-0.25, -0.2) is 8.42 Å². The predicted octanol–water partition coefficient (Wildman–Crippen LogP) is 1.62. The molecular weight excluding hydrogens is 290 g/mol. The fourth-order valence-corrected chi connectivity index (χ4v) is 3.85. The van der Waals surface area contributed by atoms with Gasteiger partial charge in [0.1, 0.15) is 15.5 Å². The summed E-state index contributed by atoms with van der Waals surface area (Å²) < 4.78 is 23.3. The molecule has 1 fully saturated rings. The van der Waals surface area contributed by atoms with Crippen LogP contribution in [0.15, 0.2) is 6.07 Å². The molecule has 0 aromatic carbocycles. The lowest BCUT2D eigenvalue weighted by atomic mass is 9.95. The summed E-state index contributed by atoms with van der Waals surface area (Å²) in [5, 5.41) is 9.42. The van der Waals surface area contributed by atoms with E-state index in [4.69, 9.17) is 0 Å². The molecule has 21 heavy (non-hydrogen) atoms. The van der Waals surface area contributed by atoms with E-state index >= 15 is 0 Å². The molecule has 0 radical (unpaired) electrons. The predicted molar refractivity (Wildman–Crippen MR) is 81.0 cm³/mol. The number of hydrogen-bond acceptors (Lipinski definition) is 4. The van der Waals surface area contributed by atoms with Crippen LogP contribution in [-0.2, 0) is 9.84 Å². The number of nitrogens with zero attached hydrogens (tertiary/aromatic N) is 1. The van der Waals surface area contributed by atoms with E-state index in [1.165, 1.54) is 6.26 Å². The van der Waals surface area contributed by atoms with Crippen molar-refractivity contribution in [2.24, 2.45) is 0 Å². The summed E-state index contributed by atoms with van der Waals surface area (Å²) in [7, 11) is -3.04. The van der Waals surface area contributed by atoms with Crippen LogP contribution >= 0.6 is 0 Å². The standard InChI is InChI=1S/C14H23N3O3S/c1-9(2)12-8-13(17-16-12)14(18)15-10-5-4-6-11(7-10)21(3,19)20/h8-11H,4-7H2,1-3H3,(H,15,18)(H,16,17). The van der Waals surface area contributed by atoms with Crippen molar-refractivity contribution in [3.8, 4) is 0 Å². The number of aromatic nitrogens is 2. The first-order valence-corrected chi connectivity index (χ1v) is 9.28. The van der Waals surface area contributed by atoms with E-state index < -0.39 is 9.84 Å². The van der Waals surface area contributed by atoms with Crippen molar-refractivity contribution >= 4 is 15.7 Å². The molecule has 1 saturated carbocycles. The Kier molecular flexibility index (Phi) is 4.70. The highest BCUT2D eigenvalue weighted by molar-refractivity contribution is 7.91. The first-order valence-electron chi connectivity index (χ1n) is 7.32. The molecule has 2 rings (SSSR count). The molecule has 1 amide bonds. The molecule has 0 saturated heterocycles. The summed E-state index contributed by atoms with van der Waals surface area (Å²) in [5.74, 6) is 0.0423. The van der Waals surface area contributed by atoms with Crippen molar-refractivity contribution in [1.82, 2.24) is 15.5 Å². The van der Waals surface area contributed by atoms with Gasteiger partial charge in [-0.05, 0) is 31.2 Å². The summed E-state index contributed by atoms with van der Waals surface area (Å²) in [6, 6.07) is 1.65. The van der Waals surface area contributed by atoms with Crippen molar-refractivity contribution < 1.29 is 13.2 Å². The Hall–Kier alpha value is -1.37. The summed E-state index contributed by atoms with van der Waals surface area (Å²) in [5.41, 5.74) is 1.28. The molecule has 1 aliphatic rings. The van der Waals surface area contributed by atoms with E-state index in [0.717, 1.165) is 18.5 Å². The topological polar surface area (TPSA) is 91.9 Å². The molecule has 118 valence electrons. The van der Waals surface area contributed by atoms with E-state index in [1.54, 1.807) is 6.07 Å². The third kappa shape index (κ3) is 4.06. The molecule has 0 bridgehead atoms. The van der Waals surface area contributed by atoms with E-state index in [-0.39, 0.29) is 23.1 Å². The fraction of sp³-hybridized carbons (Fsp3) is 0.714. The number of hydrogen-bond donors (Lipinski definition) is 2. The Morgan fingerprint density at radius 2 is 2.14 bits per heavy atom. The lowest BCUT2D eigenvalue weighted by Crippen LogP contribution is -2.41. The lowest BCUT2D eigenvalue weighted by Gasteiger charge is -2.28. The molecule has 2 N–H and O–H groups in total. The number of aromatic amines is 1. The van der Waals surface area contributed by atoms with Crippen LogP contribution < -0.4 is 5.32 Å². The van der Waals surface area contributed by atoms with E-state index in [1.807, 2.05) is 13.8 Å². The minimum Gasteiger partial charge on any atom is -0.348 e. The number of H-pyrrole nitrogens is 1. The molecule has 0 aliphatic heterocycles. The van der Waals surface area contributed by atoms with Crippen LogP contribution in [0.5, 0.6) is 0 Å². The van der Waals surface area contributed by atoms with Crippen LogP contribution in [0.1, 0.15) is 61.6 Å². The zero-order valence-corrected chi connectivity index (χ0v) is 13.5. The van der Waals surface area contributed by atoms with Gasteiger partial charge in [-0.2, -0.15) is 5.10 Å². The van der Waals surface area contributed by atoms with E-state index in [9.17, 15) is 13.2 Å². The number of amides is 1. The molecule has 6 nitrogen and oxygen atoms in total. The number of carbonyl (C=O) groups excluding carboxylic acids is 1. The van der Waals surface area contributed by atoms with Gasteiger partial charge in [0.05, 0.1) is 5.25 Å². The lowest BCUT2D eigenvalue weighted by molar-refractivity contribution is 0.0923. The highest BCUT2D eigenvalue weighted by Gasteiger charge is 2.30. The van der Waals surface area contributed by atoms with Crippen LogP contribution in [0, 0.1) is 0 Å². The number of rotatable bonds is 4. The monoisotopic (exact) mass is 313 g/mol. The maximum absolute atomic E-state index is 12.2. The van der Waals surface area contributed by atoms with E-state index in [2.05, 4.69) is 15.5 Å². The molecule has 1 aromatic rings. The Morgan fingerprint density at radius 3 is 2.71 bits per heavy atom. The molecule has 0 spiro atoms. The number of carbonyl (C=O) groups is 1. The first-order chi connectivity index (χ1) is 9.77. The van der Waals surface area contributed by atoms with Crippen LogP contribution in [-0.4, -0.2) is 42.1 Å². The average molecular weight is 313 g/mol. The molecule has 2 atom stereocenters. The first kappa shape index (κ1) is 16.0. The highest BCUT2D eigenvalue weighted by atomic mass is 32.2. The van der Waals surface area contributed by atoms with Crippen molar-refractivity contribution in [1.29, 1.82) is 0 Å². The summed E-state index contributed by atoms with van der Waals surface area (Å²) in [4.78, 5) is 12.2. The quantitative estimate of drug-likeness (QED) is 0.883. The van der Waals surface area contributed by atoms with Crippen molar-refractivity contribution in [3.05, 3.63) is 17.5 Å². The van der Waals surface area contributed by atoms with Gasteiger partial charge in [-0.15, -0.1) is 0 Å². The largest absolute Gasteiger partial charge is 0.348 e. The maximum atomic E-state index is 12.2. The van der Waals surface area contributed by atoms with E-state index in [0.29, 0.717) is 18.5 Å². The molecule has 2 unspecified atom stereocenters. The van der Waals surface area contributed by atoms with Gasteiger partial charge in [0.15, 0.2) is 0 Å². The van der Waals surface area contributed by atoms with Gasteiger partial charge < -0.3 is 5.32 Å².